The average Bonchev–Trinajstić information content (AvgIpc) is 2.96. The minimum absolute atomic E-state index is 0.334. The Kier molecular flexibility index (Phi) is 4.19. The van der Waals surface area contributed by atoms with Gasteiger partial charge in [0.2, 0.25) is 5.95 Å². The molecule has 3 rings (SSSR count). The molecule has 0 amide bonds. The molecule has 1 fully saturated rings. The monoisotopic (exact) mass is 289 g/mol. The highest BCUT2D eigenvalue weighted by Crippen LogP contribution is 2.20. The Labute approximate surface area is 124 Å². The zero-order valence-corrected chi connectivity index (χ0v) is 12.7. The van der Waals surface area contributed by atoms with Gasteiger partial charge in [0.15, 0.2) is 5.65 Å². The van der Waals surface area contributed by atoms with E-state index in [9.17, 15) is 0 Å². The van der Waals surface area contributed by atoms with E-state index in [0.29, 0.717) is 12.0 Å². The molecule has 3 N–H and O–H groups in total. The molecule has 1 aliphatic rings. The first-order valence-electron chi connectivity index (χ1n) is 7.64. The van der Waals surface area contributed by atoms with Gasteiger partial charge in [-0.05, 0) is 32.9 Å². The predicted octanol–water partition coefficient (Wildman–Crippen LogP) is 1.68. The molecule has 0 bridgehead atoms. The highest BCUT2D eigenvalue weighted by atomic mass is 15.2. The molecule has 1 aliphatic heterocycles. The number of aromatic nitrogens is 4. The van der Waals surface area contributed by atoms with Crippen LogP contribution in [0.2, 0.25) is 0 Å². The number of rotatable bonds is 5. The maximum atomic E-state index is 4.51. The number of H-pyrrole nitrogens is 1. The predicted molar refractivity (Wildman–Crippen MR) is 84.6 cm³/mol. The van der Waals surface area contributed by atoms with Crippen LogP contribution in [0.5, 0.6) is 0 Å². The molecular formula is C14H23N7. The molecule has 0 aromatic carbocycles. The van der Waals surface area contributed by atoms with Gasteiger partial charge >= 0.3 is 0 Å². The minimum Gasteiger partial charge on any atom is -0.366 e. The zero-order chi connectivity index (χ0) is 14.7. The second kappa shape index (κ2) is 6.26. The lowest BCUT2D eigenvalue weighted by molar-refractivity contribution is 0.223. The van der Waals surface area contributed by atoms with Gasteiger partial charge in [-0.1, -0.05) is 6.42 Å². The largest absolute Gasteiger partial charge is 0.366 e. The summed E-state index contributed by atoms with van der Waals surface area (Å²) in [5, 5.41) is 14.4. The van der Waals surface area contributed by atoms with Crippen LogP contribution in [0, 0.1) is 0 Å². The fourth-order valence-electron chi connectivity index (χ4n) is 2.87. The standard InChI is InChI=1S/C14H23N7/c1-10(9-21-6-4-3-5-7-21)17-12-11-8-16-20-13(11)19-14(15-2)18-12/h8,10H,3-7,9H2,1-2H3,(H3,15,16,17,18,19,20). The SMILES string of the molecule is CNc1nc(NC(C)CN2CCCCC2)c2cn[nH]c2n1. The average molecular weight is 289 g/mol. The molecule has 2 aromatic heterocycles. The summed E-state index contributed by atoms with van der Waals surface area (Å²) in [4.78, 5) is 11.4. The van der Waals surface area contributed by atoms with Crippen molar-refractivity contribution in [2.45, 2.75) is 32.2 Å². The molecule has 1 saturated heterocycles. The third-order valence-corrected chi connectivity index (χ3v) is 3.90. The second-order valence-corrected chi connectivity index (χ2v) is 5.68. The van der Waals surface area contributed by atoms with Gasteiger partial charge in [0, 0.05) is 19.6 Å². The molecule has 114 valence electrons. The molecule has 1 atom stereocenters. The maximum Gasteiger partial charge on any atom is 0.226 e. The summed E-state index contributed by atoms with van der Waals surface area (Å²) in [6, 6.07) is 0.334. The number of nitrogens with zero attached hydrogens (tertiary/aromatic N) is 4. The van der Waals surface area contributed by atoms with E-state index in [-0.39, 0.29) is 0 Å². The van der Waals surface area contributed by atoms with Gasteiger partial charge in [-0.3, -0.25) is 5.10 Å². The van der Waals surface area contributed by atoms with E-state index in [4.69, 9.17) is 0 Å². The lowest BCUT2D eigenvalue weighted by atomic mass is 10.1. The van der Waals surface area contributed by atoms with Crippen molar-refractivity contribution in [3.05, 3.63) is 6.20 Å². The van der Waals surface area contributed by atoms with Crippen LogP contribution < -0.4 is 10.6 Å². The Morgan fingerprint density at radius 3 is 2.86 bits per heavy atom. The van der Waals surface area contributed by atoms with Crippen LogP contribution in [0.15, 0.2) is 6.20 Å². The van der Waals surface area contributed by atoms with Crippen LogP contribution >= 0.6 is 0 Å². The minimum atomic E-state index is 0.334. The third kappa shape index (κ3) is 3.24. The fraction of sp³-hybridized carbons (Fsp3) is 0.643. The Balaban J connectivity index is 1.72. The van der Waals surface area contributed by atoms with E-state index in [1.165, 1.54) is 32.4 Å². The van der Waals surface area contributed by atoms with Crippen molar-refractivity contribution in [2.24, 2.45) is 0 Å². The highest BCUT2D eigenvalue weighted by molar-refractivity contribution is 5.87. The topological polar surface area (TPSA) is 81.8 Å². The first kappa shape index (κ1) is 14.1. The molecule has 0 saturated carbocycles. The number of aromatic amines is 1. The van der Waals surface area contributed by atoms with Gasteiger partial charge in [0.25, 0.3) is 0 Å². The molecule has 2 aromatic rings. The lowest BCUT2D eigenvalue weighted by Crippen LogP contribution is -2.38. The number of piperidine rings is 1. The number of hydrogen-bond acceptors (Lipinski definition) is 6. The first-order chi connectivity index (χ1) is 10.3. The number of nitrogens with one attached hydrogen (secondary N) is 3. The van der Waals surface area contributed by atoms with Gasteiger partial charge in [0.1, 0.15) is 5.82 Å². The van der Waals surface area contributed by atoms with E-state index in [2.05, 4.69) is 42.6 Å². The number of fused-ring (bicyclic) bond motifs is 1. The summed E-state index contributed by atoms with van der Waals surface area (Å²) < 4.78 is 0. The van der Waals surface area contributed by atoms with Crippen molar-refractivity contribution in [3.8, 4) is 0 Å². The van der Waals surface area contributed by atoms with Gasteiger partial charge in [-0.2, -0.15) is 15.1 Å². The molecular weight excluding hydrogens is 266 g/mol. The molecule has 3 heterocycles. The summed E-state index contributed by atoms with van der Waals surface area (Å²) in [5.41, 5.74) is 0.752. The Morgan fingerprint density at radius 2 is 2.10 bits per heavy atom. The van der Waals surface area contributed by atoms with Crippen LogP contribution in [0.4, 0.5) is 11.8 Å². The molecule has 0 aliphatic carbocycles. The van der Waals surface area contributed by atoms with E-state index >= 15 is 0 Å². The normalized spacial score (nSPS) is 17.8. The van der Waals surface area contributed by atoms with E-state index in [1.807, 2.05) is 7.05 Å². The summed E-state index contributed by atoms with van der Waals surface area (Å²) in [7, 11) is 1.82. The van der Waals surface area contributed by atoms with E-state index in [0.717, 1.165) is 23.4 Å². The van der Waals surface area contributed by atoms with Gasteiger partial charge in [0.05, 0.1) is 11.6 Å². The fourth-order valence-corrected chi connectivity index (χ4v) is 2.87. The van der Waals surface area contributed by atoms with Crippen LogP contribution in [-0.2, 0) is 0 Å². The summed E-state index contributed by atoms with van der Waals surface area (Å²) in [5.74, 6) is 1.43. The van der Waals surface area contributed by atoms with Crippen molar-refractivity contribution in [1.29, 1.82) is 0 Å². The first-order valence-corrected chi connectivity index (χ1v) is 7.64. The van der Waals surface area contributed by atoms with Gasteiger partial charge in [-0.15, -0.1) is 0 Å². The van der Waals surface area contributed by atoms with Crippen molar-refractivity contribution < 1.29 is 0 Å². The van der Waals surface area contributed by atoms with Crippen molar-refractivity contribution in [2.75, 3.05) is 37.3 Å². The van der Waals surface area contributed by atoms with E-state index < -0.39 is 0 Å². The third-order valence-electron chi connectivity index (χ3n) is 3.90. The smallest absolute Gasteiger partial charge is 0.226 e. The zero-order valence-electron chi connectivity index (χ0n) is 12.7. The van der Waals surface area contributed by atoms with Crippen molar-refractivity contribution in [1.82, 2.24) is 25.1 Å². The summed E-state index contributed by atoms with van der Waals surface area (Å²) >= 11 is 0. The van der Waals surface area contributed by atoms with E-state index in [1.54, 1.807) is 6.20 Å². The molecule has 21 heavy (non-hydrogen) atoms. The molecule has 1 unspecified atom stereocenters. The molecule has 7 nitrogen and oxygen atoms in total. The van der Waals surface area contributed by atoms with Gasteiger partial charge < -0.3 is 15.5 Å². The Bertz CT molecular complexity index is 588. The van der Waals surface area contributed by atoms with Crippen molar-refractivity contribution in [3.63, 3.8) is 0 Å². The van der Waals surface area contributed by atoms with Crippen LogP contribution in [0.1, 0.15) is 26.2 Å². The Hall–Kier alpha value is -1.89. The van der Waals surface area contributed by atoms with Crippen LogP contribution in [0.25, 0.3) is 11.0 Å². The van der Waals surface area contributed by atoms with Crippen molar-refractivity contribution >= 4 is 22.8 Å². The number of likely N-dealkylation sites (tertiary alicyclic amines) is 1. The van der Waals surface area contributed by atoms with Crippen LogP contribution in [0.3, 0.4) is 0 Å². The second-order valence-electron chi connectivity index (χ2n) is 5.68. The summed E-state index contributed by atoms with van der Waals surface area (Å²) in [6.07, 6.45) is 5.77. The lowest BCUT2D eigenvalue weighted by Gasteiger charge is -2.29. The number of anilines is 2. The summed E-state index contributed by atoms with van der Waals surface area (Å²) in [6.45, 7) is 5.65. The highest BCUT2D eigenvalue weighted by Gasteiger charge is 2.15. The molecule has 0 radical (unpaired) electrons. The van der Waals surface area contributed by atoms with Crippen LogP contribution in [-0.4, -0.2) is 57.8 Å². The number of hydrogen-bond donors (Lipinski definition) is 3. The van der Waals surface area contributed by atoms with Gasteiger partial charge in [-0.25, -0.2) is 0 Å². The molecule has 7 heteroatoms. The maximum absolute atomic E-state index is 4.51. The Morgan fingerprint density at radius 1 is 1.29 bits per heavy atom. The molecule has 0 spiro atoms. The quantitative estimate of drug-likeness (QED) is 0.777.